The molecule has 1 aromatic carbocycles. The van der Waals surface area contributed by atoms with Gasteiger partial charge < -0.3 is 4.55 Å². The van der Waals surface area contributed by atoms with E-state index in [9.17, 15) is 8.76 Å². The van der Waals surface area contributed by atoms with Crippen LogP contribution in [0.4, 0.5) is 0 Å². The van der Waals surface area contributed by atoms with Crippen LogP contribution in [0.25, 0.3) is 11.0 Å². The molecule has 0 aliphatic carbocycles. The first-order valence-corrected chi connectivity index (χ1v) is 4.65. The van der Waals surface area contributed by atoms with Crippen molar-refractivity contribution in [2.24, 2.45) is 0 Å². The van der Waals surface area contributed by atoms with E-state index in [2.05, 4.69) is 9.97 Å². The van der Waals surface area contributed by atoms with E-state index in [4.69, 9.17) is 0 Å². The van der Waals surface area contributed by atoms with Gasteiger partial charge in [-0.3, -0.25) is 14.2 Å². The molecule has 0 bridgehead atoms. The van der Waals surface area contributed by atoms with Crippen molar-refractivity contribution < 1.29 is 8.76 Å². The summed E-state index contributed by atoms with van der Waals surface area (Å²) in [6.07, 6.45) is 3.09. The molecular weight excluding hydrogens is 188 g/mol. The number of nitrogens with zero attached hydrogens (tertiary/aromatic N) is 2. The molecule has 0 saturated heterocycles. The molecule has 13 heavy (non-hydrogen) atoms. The third-order valence-corrected chi connectivity index (χ3v) is 2.27. The molecule has 1 aromatic heterocycles. The van der Waals surface area contributed by atoms with Crippen LogP contribution >= 0.6 is 0 Å². The fourth-order valence-corrected chi connectivity index (χ4v) is 1.43. The zero-order valence-corrected chi connectivity index (χ0v) is 7.32. The van der Waals surface area contributed by atoms with Gasteiger partial charge in [-0.05, 0) is 29.3 Å². The maximum absolute atomic E-state index is 10.6. The molecule has 4 nitrogen and oxygen atoms in total. The van der Waals surface area contributed by atoms with Crippen molar-refractivity contribution in [3.8, 4) is 0 Å². The molecule has 0 aliphatic heterocycles. The van der Waals surface area contributed by atoms with Gasteiger partial charge in [0.15, 0.2) is 0 Å². The van der Waals surface area contributed by atoms with E-state index in [1.807, 2.05) is 0 Å². The molecule has 0 amide bonds. The molecule has 1 atom stereocenters. The van der Waals surface area contributed by atoms with Gasteiger partial charge in [0.1, 0.15) is 0 Å². The van der Waals surface area contributed by atoms with Crippen molar-refractivity contribution in [1.82, 2.24) is 9.97 Å². The minimum Gasteiger partial charge on any atom is -0.768 e. The van der Waals surface area contributed by atoms with Crippen LogP contribution in [0.15, 0.2) is 35.5 Å². The van der Waals surface area contributed by atoms with Gasteiger partial charge in [-0.1, -0.05) is 0 Å². The normalized spacial score (nSPS) is 13.0. The Bertz CT molecular complexity index is 472. The van der Waals surface area contributed by atoms with Crippen LogP contribution in [0.2, 0.25) is 0 Å². The third kappa shape index (κ3) is 1.56. The van der Waals surface area contributed by atoms with E-state index in [1.54, 1.807) is 12.3 Å². The minimum absolute atomic E-state index is 0.230. The van der Waals surface area contributed by atoms with Crippen LogP contribution < -0.4 is 0 Å². The second kappa shape index (κ2) is 3.20. The summed E-state index contributed by atoms with van der Waals surface area (Å²) in [4.78, 5) is 8.24. The molecule has 0 saturated carbocycles. The van der Waals surface area contributed by atoms with Gasteiger partial charge in [0.25, 0.3) is 0 Å². The topological polar surface area (TPSA) is 65.9 Å². The Morgan fingerprint density at radius 1 is 1.15 bits per heavy atom. The summed E-state index contributed by atoms with van der Waals surface area (Å²) >= 11 is -2.20. The van der Waals surface area contributed by atoms with E-state index < -0.39 is 11.1 Å². The Morgan fingerprint density at radius 2 is 1.85 bits per heavy atom. The van der Waals surface area contributed by atoms with Gasteiger partial charge in [-0.2, -0.15) is 0 Å². The number of hydrogen-bond acceptors (Lipinski definition) is 4. The second-order valence-corrected chi connectivity index (χ2v) is 3.38. The smallest absolute Gasteiger partial charge is 0.0898 e. The Hall–Kier alpha value is -1.33. The molecular formula is C8H5N2O2S-. The zero-order chi connectivity index (χ0) is 9.26. The molecule has 2 aromatic rings. The fraction of sp³-hybridized carbons (Fsp3) is 0. The second-order valence-electron chi connectivity index (χ2n) is 2.44. The van der Waals surface area contributed by atoms with Crippen LogP contribution in [0, 0.1) is 0 Å². The SMILES string of the molecule is O=S([O-])c1ccc2nccnc2c1. The summed E-state index contributed by atoms with van der Waals surface area (Å²) in [5.41, 5.74) is 1.28. The van der Waals surface area contributed by atoms with Crippen LogP contribution in [0.3, 0.4) is 0 Å². The lowest BCUT2D eigenvalue weighted by Crippen LogP contribution is -1.90. The Kier molecular flexibility index (Phi) is 2.03. The summed E-state index contributed by atoms with van der Waals surface area (Å²) in [5.74, 6) is 0. The summed E-state index contributed by atoms with van der Waals surface area (Å²) < 4.78 is 21.2. The van der Waals surface area contributed by atoms with E-state index in [0.717, 1.165) is 0 Å². The molecule has 5 heteroatoms. The summed E-state index contributed by atoms with van der Waals surface area (Å²) in [6.45, 7) is 0. The molecule has 1 unspecified atom stereocenters. The molecule has 0 radical (unpaired) electrons. The highest BCUT2D eigenvalue weighted by atomic mass is 32.2. The number of rotatable bonds is 1. The standard InChI is InChI=1S/C8H6N2O2S/c11-13(12)6-1-2-7-8(5-6)10-4-3-9-7/h1-5H,(H,11,12)/p-1. The molecule has 2 rings (SSSR count). The number of fused-ring (bicyclic) bond motifs is 1. The molecule has 1 heterocycles. The predicted octanol–water partition coefficient (Wildman–Crippen LogP) is 0.868. The monoisotopic (exact) mass is 193 g/mol. The lowest BCUT2D eigenvalue weighted by molar-refractivity contribution is 0.537. The molecule has 66 valence electrons. The highest BCUT2D eigenvalue weighted by molar-refractivity contribution is 7.79. The van der Waals surface area contributed by atoms with Crippen molar-refractivity contribution in [3.05, 3.63) is 30.6 Å². The summed E-state index contributed by atoms with van der Waals surface area (Å²) in [6, 6.07) is 4.62. The number of benzene rings is 1. The van der Waals surface area contributed by atoms with Crippen molar-refractivity contribution in [2.75, 3.05) is 0 Å². The highest BCUT2D eigenvalue weighted by Gasteiger charge is 1.97. The number of aromatic nitrogens is 2. The first-order chi connectivity index (χ1) is 6.27. The lowest BCUT2D eigenvalue weighted by atomic mass is 10.3. The van der Waals surface area contributed by atoms with Gasteiger partial charge >= 0.3 is 0 Å². The van der Waals surface area contributed by atoms with Gasteiger partial charge in [-0.25, -0.2) is 0 Å². The highest BCUT2D eigenvalue weighted by Crippen LogP contribution is 2.12. The van der Waals surface area contributed by atoms with E-state index in [-0.39, 0.29) is 4.90 Å². The van der Waals surface area contributed by atoms with Gasteiger partial charge in [0.2, 0.25) is 0 Å². The average molecular weight is 193 g/mol. The first kappa shape index (κ1) is 8.28. The third-order valence-electron chi connectivity index (χ3n) is 1.63. The maximum Gasteiger partial charge on any atom is 0.0898 e. The molecule has 0 aliphatic rings. The van der Waals surface area contributed by atoms with Crippen LogP contribution in [-0.4, -0.2) is 18.7 Å². The lowest BCUT2D eigenvalue weighted by Gasteiger charge is -2.04. The Balaban J connectivity index is 2.69. The van der Waals surface area contributed by atoms with Crippen molar-refractivity contribution in [2.45, 2.75) is 4.90 Å². The maximum atomic E-state index is 10.6. The quantitative estimate of drug-likeness (QED) is 0.630. The minimum atomic E-state index is -2.20. The summed E-state index contributed by atoms with van der Waals surface area (Å²) in [5, 5.41) is 0. The molecule has 0 spiro atoms. The largest absolute Gasteiger partial charge is 0.768 e. The van der Waals surface area contributed by atoms with Crippen LogP contribution in [0.1, 0.15) is 0 Å². The van der Waals surface area contributed by atoms with Crippen LogP contribution in [0.5, 0.6) is 0 Å². The average Bonchev–Trinajstić information content (AvgIpc) is 2.17. The van der Waals surface area contributed by atoms with Gasteiger partial charge in [-0.15, -0.1) is 0 Å². The summed E-state index contributed by atoms with van der Waals surface area (Å²) in [7, 11) is 0. The first-order valence-electron chi connectivity index (χ1n) is 3.57. The Morgan fingerprint density at radius 3 is 2.54 bits per heavy atom. The van der Waals surface area contributed by atoms with Crippen molar-refractivity contribution in [1.29, 1.82) is 0 Å². The molecule has 0 N–H and O–H groups in total. The van der Waals surface area contributed by atoms with Crippen LogP contribution in [-0.2, 0) is 11.1 Å². The number of hydrogen-bond donors (Lipinski definition) is 0. The van der Waals surface area contributed by atoms with Gasteiger partial charge in [0, 0.05) is 17.3 Å². The van der Waals surface area contributed by atoms with E-state index in [1.165, 1.54) is 18.3 Å². The van der Waals surface area contributed by atoms with E-state index >= 15 is 0 Å². The Labute approximate surface area is 76.9 Å². The molecule has 0 fully saturated rings. The predicted molar refractivity (Wildman–Crippen MR) is 46.7 cm³/mol. The van der Waals surface area contributed by atoms with Crippen molar-refractivity contribution in [3.63, 3.8) is 0 Å². The van der Waals surface area contributed by atoms with Crippen molar-refractivity contribution >= 4 is 22.1 Å². The zero-order valence-electron chi connectivity index (χ0n) is 6.51. The van der Waals surface area contributed by atoms with E-state index in [0.29, 0.717) is 11.0 Å². The van der Waals surface area contributed by atoms with Gasteiger partial charge in [0.05, 0.1) is 11.0 Å². The fourth-order valence-electron chi connectivity index (χ4n) is 1.05.